The zero-order chi connectivity index (χ0) is 13.7. The van der Waals surface area contributed by atoms with Gasteiger partial charge in [0.25, 0.3) is 0 Å². The summed E-state index contributed by atoms with van der Waals surface area (Å²) in [5, 5.41) is 13.5. The molecule has 0 amide bonds. The number of benzene rings is 1. The van der Waals surface area contributed by atoms with Crippen LogP contribution in [-0.4, -0.2) is 17.8 Å². The fourth-order valence-corrected chi connectivity index (χ4v) is 3.59. The fourth-order valence-electron chi connectivity index (χ4n) is 2.96. The van der Waals surface area contributed by atoms with Gasteiger partial charge in [0.2, 0.25) is 0 Å². The number of rotatable bonds is 6. The standard InChI is InChI=1S/C16H24BrNO/c1-12(15-8-4-5-9-16(15)17)18-11-14(19)10-13-6-2-3-7-13/h4-5,8-9,12-14,18-19H,2-3,6-7,10-11H2,1H3/t12-,14?/m0/s1. The van der Waals surface area contributed by atoms with Gasteiger partial charge in [0.1, 0.15) is 0 Å². The maximum atomic E-state index is 10.1. The predicted molar refractivity (Wildman–Crippen MR) is 83.1 cm³/mol. The summed E-state index contributed by atoms with van der Waals surface area (Å²) in [7, 11) is 0. The highest BCUT2D eigenvalue weighted by atomic mass is 79.9. The summed E-state index contributed by atoms with van der Waals surface area (Å²) in [6, 6.07) is 8.50. The third-order valence-corrected chi connectivity index (χ3v) is 4.83. The molecule has 1 aromatic carbocycles. The minimum atomic E-state index is -0.215. The van der Waals surface area contributed by atoms with Gasteiger partial charge in [-0.05, 0) is 30.9 Å². The van der Waals surface area contributed by atoms with Crippen LogP contribution in [0, 0.1) is 5.92 Å². The quantitative estimate of drug-likeness (QED) is 0.827. The Morgan fingerprint density at radius 3 is 2.68 bits per heavy atom. The molecule has 2 atom stereocenters. The van der Waals surface area contributed by atoms with E-state index in [1.807, 2.05) is 12.1 Å². The van der Waals surface area contributed by atoms with Gasteiger partial charge < -0.3 is 10.4 Å². The van der Waals surface area contributed by atoms with Crippen molar-refractivity contribution in [2.45, 2.75) is 51.2 Å². The molecule has 2 nitrogen and oxygen atoms in total. The monoisotopic (exact) mass is 325 g/mol. The van der Waals surface area contributed by atoms with E-state index in [1.54, 1.807) is 0 Å². The molecule has 0 spiro atoms. The molecular formula is C16H24BrNO. The van der Waals surface area contributed by atoms with E-state index in [9.17, 15) is 5.11 Å². The molecule has 1 aliphatic carbocycles. The summed E-state index contributed by atoms with van der Waals surface area (Å²) in [4.78, 5) is 0. The molecule has 1 aliphatic rings. The Hall–Kier alpha value is -0.380. The maximum Gasteiger partial charge on any atom is 0.0667 e. The molecule has 1 saturated carbocycles. The number of halogens is 1. The van der Waals surface area contributed by atoms with Crippen LogP contribution < -0.4 is 5.32 Å². The van der Waals surface area contributed by atoms with Crippen LogP contribution in [0.2, 0.25) is 0 Å². The van der Waals surface area contributed by atoms with Gasteiger partial charge >= 0.3 is 0 Å². The Kier molecular flexibility index (Phi) is 5.86. The molecule has 0 bridgehead atoms. The first-order chi connectivity index (χ1) is 9.16. The van der Waals surface area contributed by atoms with Crippen molar-refractivity contribution in [3.8, 4) is 0 Å². The number of aliphatic hydroxyl groups excluding tert-OH is 1. The highest BCUT2D eigenvalue weighted by Gasteiger charge is 2.19. The molecule has 2 N–H and O–H groups in total. The summed E-state index contributed by atoms with van der Waals surface area (Å²) in [6.45, 7) is 2.82. The van der Waals surface area contributed by atoms with E-state index in [4.69, 9.17) is 0 Å². The van der Waals surface area contributed by atoms with Crippen molar-refractivity contribution in [1.29, 1.82) is 0 Å². The SMILES string of the molecule is C[C@H](NCC(O)CC1CCCC1)c1ccccc1Br. The second-order valence-corrected chi connectivity index (χ2v) is 6.55. The zero-order valence-corrected chi connectivity index (χ0v) is 13.2. The molecule has 1 unspecified atom stereocenters. The molecule has 0 heterocycles. The third-order valence-electron chi connectivity index (χ3n) is 4.11. The van der Waals surface area contributed by atoms with Gasteiger partial charge in [0, 0.05) is 17.1 Å². The van der Waals surface area contributed by atoms with Crippen molar-refractivity contribution >= 4 is 15.9 Å². The zero-order valence-electron chi connectivity index (χ0n) is 11.6. The number of aliphatic hydroxyl groups is 1. The lowest BCUT2D eigenvalue weighted by molar-refractivity contribution is 0.137. The van der Waals surface area contributed by atoms with Crippen molar-refractivity contribution in [2.75, 3.05) is 6.54 Å². The Bertz CT molecular complexity index is 390. The summed E-state index contributed by atoms with van der Waals surface area (Å²) in [5.74, 6) is 0.746. The van der Waals surface area contributed by atoms with Crippen LogP contribution in [0.5, 0.6) is 0 Å². The smallest absolute Gasteiger partial charge is 0.0667 e. The predicted octanol–water partition coefficient (Wildman–Crippen LogP) is 4.04. The molecule has 106 valence electrons. The Balaban J connectivity index is 1.76. The van der Waals surface area contributed by atoms with Crippen LogP contribution >= 0.6 is 15.9 Å². The number of hydrogen-bond donors (Lipinski definition) is 2. The van der Waals surface area contributed by atoms with Gasteiger partial charge in [-0.1, -0.05) is 59.8 Å². The normalized spacial score (nSPS) is 19.5. The first kappa shape index (κ1) is 15.0. The Morgan fingerprint density at radius 1 is 1.32 bits per heavy atom. The highest BCUT2D eigenvalue weighted by Crippen LogP contribution is 2.28. The van der Waals surface area contributed by atoms with Gasteiger partial charge in [-0.15, -0.1) is 0 Å². The maximum absolute atomic E-state index is 10.1. The molecule has 2 rings (SSSR count). The second kappa shape index (κ2) is 7.41. The van der Waals surface area contributed by atoms with E-state index < -0.39 is 0 Å². The van der Waals surface area contributed by atoms with Gasteiger partial charge in [-0.2, -0.15) is 0 Å². The Morgan fingerprint density at radius 2 is 2.00 bits per heavy atom. The summed E-state index contributed by atoms with van der Waals surface area (Å²) < 4.78 is 1.13. The van der Waals surface area contributed by atoms with E-state index in [-0.39, 0.29) is 12.1 Å². The molecule has 0 radical (unpaired) electrons. The molecule has 3 heteroatoms. The molecule has 1 aromatic rings. The van der Waals surface area contributed by atoms with Crippen LogP contribution in [0.25, 0.3) is 0 Å². The van der Waals surface area contributed by atoms with Crippen LogP contribution in [0.15, 0.2) is 28.7 Å². The van der Waals surface area contributed by atoms with E-state index in [0.29, 0.717) is 6.54 Å². The molecule has 0 aromatic heterocycles. The largest absolute Gasteiger partial charge is 0.392 e. The molecule has 0 aliphatic heterocycles. The first-order valence-corrected chi connectivity index (χ1v) is 8.12. The van der Waals surface area contributed by atoms with E-state index in [0.717, 1.165) is 16.8 Å². The second-order valence-electron chi connectivity index (χ2n) is 5.69. The van der Waals surface area contributed by atoms with Crippen molar-refractivity contribution in [2.24, 2.45) is 5.92 Å². The topological polar surface area (TPSA) is 32.3 Å². The van der Waals surface area contributed by atoms with Crippen molar-refractivity contribution in [3.05, 3.63) is 34.3 Å². The summed E-state index contributed by atoms with van der Waals surface area (Å²) in [5.41, 5.74) is 1.25. The average Bonchev–Trinajstić information content (AvgIpc) is 2.89. The third kappa shape index (κ3) is 4.59. The first-order valence-electron chi connectivity index (χ1n) is 7.32. The summed E-state index contributed by atoms with van der Waals surface area (Å²) >= 11 is 3.57. The average molecular weight is 326 g/mol. The van der Waals surface area contributed by atoms with Crippen molar-refractivity contribution in [1.82, 2.24) is 5.32 Å². The minimum Gasteiger partial charge on any atom is -0.392 e. The highest BCUT2D eigenvalue weighted by molar-refractivity contribution is 9.10. The molecule has 1 fully saturated rings. The van der Waals surface area contributed by atoms with E-state index in [2.05, 4.69) is 40.3 Å². The van der Waals surface area contributed by atoms with Crippen molar-refractivity contribution < 1.29 is 5.11 Å². The minimum absolute atomic E-state index is 0.215. The van der Waals surface area contributed by atoms with Gasteiger partial charge in [0.05, 0.1) is 6.10 Å². The fraction of sp³-hybridized carbons (Fsp3) is 0.625. The van der Waals surface area contributed by atoms with Crippen LogP contribution in [0.3, 0.4) is 0 Å². The van der Waals surface area contributed by atoms with Crippen LogP contribution in [-0.2, 0) is 0 Å². The van der Waals surface area contributed by atoms with Gasteiger partial charge in [-0.3, -0.25) is 0 Å². The van der Waals surface area contributed by atoms with Crippen LogP contribution in [0.4, 0.5) is 0 Å². The van der Waals surface area contributed by atoms with E-state index >= 15 is 0 Å². The molecule has 0 saturated heterocycles. The number of hydrogen-bond acceptors (Lipinski definition) is 2. The van der Waals surface area contributed by atoms with Crippen LogP contribution in [0.1, 0.15) is 50.6 Å². The molecule has 19 heavy (non-hydrogen) atoms. The Labute approximate surface area is 124 Å². The lowest BCUT2D eigenvalue weighted by Crippen LogP contribution is -2.30. The summed E-state index contributed by atoms with van der Waals surface area (Å²) in [6.07, 6.45) is 6.03. The lowest BCUT2D eigenvalue weighted by atomic mass is 9.99. The van der Waals surface area contributed by atoms with Crippen molar-refractivity contribution in [3.63, 3.8) is 0 Å². The van der Waals surface area contributed by atoms with E-state index in [1.165, 1.54) is 31.2 Å². The van der Waals surface area contributed by atoms with Gasteiger partial charge in [0.15, 0.2) is 0 Å². The molecular weight excluding hydrogens is 302 g/mol. The lowest BCUT2D eigenvalue weighted by Gasteiger charge is -2.20. The number of nitrogens with one attached hydrogen (secondary N) is 1. The van der Waals surface area contributed by atoms with Gasteiger partial charge in [-0.25, -0.2) is 0 Å².